The first kappa shape index (κ1) is 14.8. The molecule has 16 heavy (non-hydrogen) atoms. The smallest absolute Gasteiger partial charge is 0.133 e. The van der Waals surface area contributed by atoms with Crippen molar-refractivity contribution < 1.29 is 5.11 Å². The number of halogens is 3. The zero-order valence-corrected chi connectivity index (χ0v) is 13.8. The summed E-state index contributed by atoms with van der Waals surface area (Å²) in [6.07, 6.45) is 3.63. The lowest BCUT2D eigenvalue weighted by atomic mass is 9.97. The fourth-order valence-electron chi connectivity index (χ4n) is 1.97. The minimum atomic E-state index is 0. The van der Waals surface area contributed by atoms with Gasteiger partial charge in [0.1, 0.15) is 5.75 Å². The number of phenolic OH excluding ortho intramolecular Hbond substituents is 1. The number of phenols is 1. The zero-order chi connectivity index (χ0) is 10.8. The number of hydrogen-bond acceptors (Lipinski definition) is 2. The lowest BCUT2D eigenvalue weighted by molar-refractivity contribution is 0.389. The lowest BCUT2D eigenvalue weighted by Gasteiger charge is -2.25. The standard InChI is InChI=1S/C11H13I2NO.ClH/c12-7-5-8(11(15)9(13)6-7)10-3-1-2-4-14-10;/h5-6,10,14-15H,1-4H2;1H/t10-;/m1./s1. The van der Waals surface area contributed by atoms with E-state index in [1.807, 2.05) is 6.07 Å². The third kappa shape index (κ3) is 3.36. The van der Waals surface area contributed by atoms with Crippen molar-refractivity contribution in [3.63, 3.8) is 0 Å². The number of rotatable bonds is 1. The molecule has 1 aromatic rings. The van der Waals surface area contributed by atoms with Crippen molar-refractivity contribution >= 4 is 57.6 Å². The molecule has 2 N–H and O–H groups in total. The fourth-order valence-corrected chi connectivity index (χ4v) is 3.86. The molecule has 0 spiro atoms. The summed E-state index contributed by atoms with van der Waals surface area (Å²) in [5, 5.41) is 13.5. The maximum atomic E-state index is 10.0. The van der Waals surface area contributed by atoms with Gasteiger partial charge in [-0.25, -0.2) is 0 Å². The van der Waals surface area contributed by atoms with E-state index >= 15 is 0 Å². The fraction of sp³-hybridized carbons (Fsp3) is 0.455. The van der Waals surface area contributed by atoms with Gasteiger partial charge in [0.05, 0.1) is 3.57 Å². The van der Waals surface area contributed by atoms with Crippen LogP contribution in [0.1, 0.15) is 30.9 Å². The molecule has 1 aliphatic heterocycles. The molecule has 2 nitrogen and oxygen atoms in total. The van der Waals surface area contributed by atoms with E-state index in [9.17, 15) is 5.11 Å². The molecule has 0 saturated carbocycles. The van der Waals surface area contributed by atoms with Crippen LogP contribution in [0.2, 0.25) is 0 Å². The highest BCUT2D eigenvalue weighted by atomic mass is 127. The van der Waals surface area contributed by atoms with Gasteiger partial charge >= 0.3 is 0 Å². The van der Waals surface area contributed by atoms with Crippen molar-refractivity contribution in [2.75, 3.05) is 6.54 Å². The predicted molar refractivity (Wildman–Crippen MR) is 85.4 cm³/mol. The van der Waals surface area contributed by atoms with Crippen LogP contribution in [0.25, 0.3) is 0 Å². The molecule has 1 aromatic carbocycles. The van der Waals surface area contributed by atoms with Crippen LogP contribution >= 0.6 is 57.6 Å². The van der Waals surface area contributed by atoms with Gasteiger partial charge in [-0.1, -0.05) is 6.42 Å². The van der Waals surface area contributed by atoms with Crippen molar-refractivity contribution in [3.05, 3.63) is 24.8 Å². The normalized spacial score (nSPS) is 20.2. The molecule has 0 aliphatic carbocycles. The van der Waals surface area contributed by atoms with Gasteiger partial charge in [-0.2, -0.15) is 0 Å². The third-order valence-corrected chi connectivity index (χ3v) is 4.19. The Morgan fingerprint density at radius 3 is 2.62 bits per heavy atom. The molecule has 1 fully saturated rings. The van der Waals surface area contributed by atoms with Crippen LogP contribution in [-0.2, 0) is 0 Å². The van der Waals surface area contributed by atoms with E-state index in [-0.39, 0.29) is 12.4 Å². The summed E-state index contributed by atoms with van der Waals surface area (Å²) in [4.78, 5) is 0. The first-order valence-electron chi connectivity index (χ1n) is 5.10. The number of benzene rings is 1. The molecule has 2 rings (SSSR count). The maximum Gasteiger partial charge on any atom is 0.133 e. The summed E-state index contributed by atoms with van der Waals surface area (Å²) in [5.74, 6) is 0.454. The number of hydrogen-bond donors (Lipinski definition) is 2. The Balaban J connectivity index is 0.00000128. The second-order valence-corrected chi connectivity index (χ2v) is 6.24. The van der Waals surface area contributed by atoms with Crippen molar-refractivity contribution in [2.45, 2.75) is 25.3 Å². The predicted octanol–water partition coefficient (Wildman–Crippen LogP) is 3.84. The summed E-state index contributed by atoms with van der Waals surface area (Å²) in [5.41, 5.74) is 1.06. The van der Waals surface area contributed by atoms with Crippen LogP contribution < -0.4 is 5.32 Å². The third-order valence-electron chi connectivity index (χ3n) is 2.74. The first-order chi connectivity index (χ1) is 7.18. The molecular weight excluding hydrogens is 451 g/mol. The van der Waals surface area contributed by atoms with Gasteiger partial charge in [-0.3, -0.25) is 0 Å². The molecule has 5 heteroatoms. The Hall–Kier alpha value is 0.730. The van der Waals surface area contributed by atoms with Gasteiger partial charge in [0.2, 0.25) is 0 Å². The molecule has 1 saturated heterocycles. The second-order valence-electron chi connectivity index (χ2n) is 3.83. The van der Waals surface area contributed by atoms with Gasteiger partial charge in [0.15, 0.2) is 0 Å². The van der Waals surface area contributed by atoms with Crippen LogP contribution in [0, 0.1) is 7.14 Å². The minimum Gasteiger partial charge on any atom is -0.506 e. The number of nitrogens with one attached hydrogen (secondary N) is 1. The molecule has 0 amide bonds. The van der Waals surface area contributed by atoms with E-state index in [0.29, 0.717) is 11.8 Å². The molecule has 0 unspecified atom stereocenters. The second kappa shape index (κ2) is 6.61. The quantitative estimate of drug-likeness (QED) is 0.618. The van der Waals surface area contributed by atoms with Gasteiger partial charge in [-0.15, -0.1) is 12.4 Å². The largest absolute Gasteiger partial charge is 0.506 e. The van der Waals surface area contributed by atoms with Crippen LogP contribution in [0.3, 0.4) is 0 Å². The average molecular weight is 466 g/mol. The number of piperidine rings is 1. The molecule has 0 aromatic heterocycles. The molecule has 1 aliphatic rings. The van der Waals surface area contributed by atoms with E-state index in [2.05, 4.69) is 56.6 Å². The lowest BCUT2D eigenvalue weighted by Crippen LogP contribution is -2.27. The van der Waals surface area contributed by atoms with Gasteiger partial charge in [0.25, 0.3) is 0 Å². The van der Waals surface area contributed by atoms with Gasteiger partial charge in [-0.05, 0) is 76.7 Å². The molecule has 1 heterocycles. The van der Waals surface area contributed by atoms with Crippen LogP contribution in [0.4, 0.5) is 0 Å². The first-order valence-corrected chi connectivity index (χ1v) is 7.25. The zero-order valence-electron chi connectivity index (χ0n) is 8.67. The van der Waals surface area contributed by atoms with Crippen molar-refractivity contribution in [3.8, 4) is 5.75 Å². The minimum absolute atomic E-state index is 0. The van der Waals surface area contributed by atoms with E-state index in [1.165, 1.54) is 16.4 Å². The average Bonchev–Trinajstić information content (AvgIpc) is 2.24. The van der Waals surface area contributed by atoms with Gasteiger partial charge in [0, 0.05) is 15.2 Å². The molecule has 90 valence electrons. The topological polar surface area (TPSA) is 32.3 Å². The van der Waals surface area contributed by atoms with E-state index in [4.69, 9.17) is 0 Å². The Kier molecular flexibility index (Phi) is 6.11. The van der Waals surface area contributed by atoms with Crippen LogP contribution in [0.15, 0.2) is 12.1 Å². The van der Waals surface area contributed by atoms with E-state index < -0.39 is 0 Å². The maximum absolute atomic E-state index is 10.0. The van der Waals surface area contributed by atoms with E-state index in [0.717, 1.165) is 22.1 Å². The molecule has 1 atom stereocenters. The SMILES string of the molecule is Cl.Oc1c(I)cc(I)cc1[C@H]1CCCCN1. The summed E-state index contributed by atoms with van der Waals surface area (Å²) in [7, 11) is 0. The summed E-state index contributed by atoms with van der Waals surface area (Å²) < 4.78 is 2.14. The van der Waals surface area contributed by atoms with Crippen LogP contribution in [0.5, 0.6) is 5.75 Å². The Bertz CT molecular complexity index is 367. The Labute approximate surface area is 129 Å². The molecule has 0 radical (unpaired) electrons. The highest BCUT2D eigenvalue weighted by molar-refractivity contribution is 14.1. The van der Waals surface area contributed by atoms with Crippen molar-refractivity contribution in [1.82, 2.24) is 5.32 Å². The molecule has 0 bridgehead atoms. The van der Waals surface area contributed by atoms with E-state index in [1.54, 1.807) is 0 Å². The summed E-state index contributed by atoms with van der Waals surface area (Å²) in [6.45, 7) is 1.06. The van der Waals surface area contributed by atoms with Crippen molar-refractivity contribution in [1.29, 1.82) is 0 Å². The highest BCUT2D eigenvalue weighted by Crippen LogP contribution is 2.34. The van der Waals surface area contributed by atoms with Crippen molar-refractivity contribution in [2.24, 2.45) is 0 Å². The monoisotopic (exact) mass is 465 g/mol. The van der Waals surface area contributed by atoms with Gasteiger partial charge < -0.3 is 10.4 Å². The molecular formula is C11H14ClI2NO. The Morgan fingerprint density at radius 1 is 1.25 bits per heavy atom. The number of aromatic hydroxyl groups is 1. The van der Waals surface area contributed by atoms with Crippen LogP contribution in [-0.4, -0.2) is 11.7 Å². The highest BCUT2D eigenvalue weighted by Gasteiger charge is 2.19. The summed E-state index contributed by atoms with van der Waals surface area (Å²) >= 11 is 4.49. The Morgan fingerprint density at radius 2 is 2.00 bits per heavy atom. The summed E-state index contributed by atoms with van der Waals surface area (Å²) in [6, 6.07) is 4.42.